The molecule has 0 bridgehead atoms. The van der Waals surface area contributed by atoms with Crippen LogP contribution in [-0.2, 0) is 0 Å². The average molecular weight is 201 g/mol. The summed E-state index contributed by atoms with van der Waals surface area (Å²) in [6.45, 7) is 0. The first kappa shape index (κ1) is 19.2. The normalized spacial score (nSPS) is 8.79. The number of benzene rings is 1. The van der Waals surface area contributed by atoms with E-state index >= 15 is 0 Å². The molecule has 0 aliphatic rings. The Balaban J connectivity index is -0.000000151. The van der Waals surface area contributed by atoms with Crippen molar-refractivity contribution in [2.45, 2.75) is 6.08 Å². The van der Waals surface area contributed by atoms with E-state index in [2.05, 4.69) is 0 Å². The van der Waals surface area contributed by atoms with Crippen LogP contribution in [0.4, 0.5) is 13.2 Å². The van der Waals surface area contributed by atoms with Gasteiger partial charge in [-0.25, -0.2) is 0 Å². The van der Waals surface area contributed by atoms with Crippen molar-refractivity contribution in [2.24, 2.45) is 0 Å². The second-order valence-electron chi connectivity index (χ2n) is 2.10. The molecule has 0 fully saturated rings. The first-order chi connectivity index (χ1) is 5.08. The van der Waals surface area contributed by atoms with Crippen LogP contribution in [0.2, 0.25) is 0 Å². The molecule has 0 heterocycles. The van der Waals surface area contributed by atoms with Crippen LogP contribution in [0.3, 0.4) is 0 Å². The molecule has 0 saturated heterocycles. The molecule has 75 valence electrons. The second kappa shape index (κ2) is 7.95. The summed E-state index contributed by atoms with van der Waals surface area (Å²) in [6, 6.07) is 7.63. The van der Waals surface area contributed by atoms with Crippen LogP contribution in [-0.4, -0.2) is 24.3 Å². The Morgan fingerprint density at radius 2 is 1.43 bits per heavy atom. The van der Waals surface area contributed by atoms with Crippen LogP contribution in [0.25, 0.3) is 0 Å². The van der Waals surface area contributed by atoms with Gasteiger partial charge >= 0.3 is 24.9 Å². The van der Waals surface area contributed by atoms with Crippen LogP contribution >= 0.6 is 0 Å². The minimum Gasteiger partial charge on any atom is -1.00 e. The van der Waals surface area contributed by atoms with Gasteiger partial charge in [-0.2, -0.15) is 13.2 Å². The second-order valence-corrected chi connectivity index (χ2v) is 2.10. The molecule has 0 aliphatic carbocycles. The first-order valence-electron chi connectivity index (χ1n) is 3.05. The Kier molecular flexibility index (Phi) is 10.9. The van der Waals surface area contributed by atoms with Crippen LogP contribution in [0.1, 0.15) is 1.43 Å². The largest absolute Gasteiger partial charge is 1.00 e. The maximum absolute atomic E-state index is 11.7. The van der Waals surface area contributed by atoms with Crippen molar-refractivity contribution in [3.63, 3.8) is 0 Å². The van der Waals surface area contributed by atoms with Crippen molar-refractivity contribution in [3.05, 3.63) is 30.3 Å². The van der Waals surface area contributed by atoms with Crippen LogP contribution in [0.15, 0.2) is 30.3 Å². The summed E-state index contributed by atoms with van der Waals surface area (Å²) in [7, 11) is 0.271. The number of hydrogen-bond donors (Lipinski definition) is 0. The monoisotopic (exact) mass is 201 g/mol. The smallest absolute Gasteiger partial charge is 1.00 e. The number of alkyl halides is 3. The Hall–Kier alpha value is -0.408. The minimum absolute atomic E-state index is 0. The summed E-state index contributed by atoms with van der Waals surface area (Å²) in [5, 5.41) is 0. The van der Waals surface area contributed by atoms with Crippen molar-refractivity contribution in [2.75, 3.05) is 0 Å². The van der Waals surface area contributed by atoms with E-state index in [9.17, 15) is 13.2 Å². The van der Waals surface area contributed by atoms with Gasteiger partial charge in [0.1, 0.15) is 0 Å². The van der Waals surface area contributed by atoms with E-state index in [4.69, 9.17) is 0 Å². The van der Waals surface area contributed by atoms with E-state index in [-0.39, 0.29) is 44.0 Å². The fraction of sp³-hybridized carbons (Fsp3) is 0.143. The molecule has 0 atom stereocenters. The molecule has 0 aromatic heterocycles. The van der Waals surface area contributed by atoms with E-state index in [0.717, 1.165) is 0 Å². The van der Waals surface area contributed by atoms with Gasteiger partial charge in [0.25, 0.3) is 7.28 Å². The molecule has 0 spiro atoms. The van der Waals surface area contributed by atoms with Crippen molar-refractivity contribution in [1.82, 2.24) is 0 Å². The summed E-state index contributed by atoms with van der Waals surface area (Å²) >= 11 is 0. The molecule has 1 rings (SSSR count). The SMILES string of the molecule is FC(F)(F)[B]c1ccccc1.O.O.[H-].[Li+]. The van der Waals surface area contributed by atoms with E-state index in [1.807, 2.05) is 0 Å². The van der Waals surface area contributed by atoms with E-state index < -0.39 is 6.08 Å². The fourth-order valence-corrected chi connectivity index (χ4v) is 0.738. The van der Waals surface area contributed by atoms with Crippen molar-refractivity contribution >= 4 is 12.7 Å². The van der Waals surface area contributed by atoms with Gasteiger partial charge in [-0.1, -0.05) is 35.8 Å². The molecule has 1 aromatic rings. The summed E-state index contributed by atoms with van der Waals surface area (Å²) in [6.07, 6.45) is -4.22. The molecular weight excluding hydrogens is 191 g/mol. The van der Waals surface area contributed by atoms with Crippen molar-refractivity contribution in [1.29, 1.82) is 0 Å². The summed E-state index contributed by atoms with van der Waals surface area (Å²) in [4.78, 5) is 0. The summed E-state index contributed by atoms with van der Waals surface area (Å²) < 4.78 is 35.1. The zero-order valence-corrected chi connectivity index (χ0v) is 7.60. The average Bonchev–Trinajstić information content (AvgIpc) is 1.85. The number of rotatable bonds is 1. The fourth-order valence-electron chi connectivity index (χ4n) is 0.738. The van der Waals surface area contributed by atoms with Crippen molar-refractivity contribution < 1.29 is 44.4 Å². The van der Waals surface area contributed by atoms with E-state index in [0.29, 0.717) is 0 Å². The third kappa shape index (κ3) is 8.20. The van der Waals surface area contributed by atoms with Gasteiger partial charge in [0.2, 0.25) is 0 Å². The molecular formula is C7H10BF3LiO2. The maximum atomic E-state index is 11.7. The van der Waals surface area contributed by atoms with Gasteiger partial charge in [-0.05, 0) is 0 Å². The van der Waals surface area contributed by atoms with Crippen LogP contribution in [0, 0.1) is 0 Å². The summed E-state index contributed by atoms with van der Waals surface area (Å²) in [5.41, 5.74) is 0.181. The molecule has 7 heteroatoms. The van der Waals surface area contributed by atoms with Crippen LogP contribution in [0.5, 0.6) is 0 Å². The topological polar surface area (TPSA) is 63.0 Å². The van der Waals surface area contributed by atoms with Gasteiger partial charge in [0, 0.05) is 0 Å². The Morgan fingerprint density at radius 3 is 1.79 bits per heavy atom. The zero-order chi connectivity index (χ0) is 8.32. The van der Waals surface area contributed by atoms with Gasteiger partial charge in [0.15, 0.2) is 0 Å². The predicted octanol–water partition coefficient (Wildman–Crippen LogP) is -3.00. The molecule has 14 heavy (non-hydrogen) atoms. The van der Waals surface area contributed by atoms with Gasteiger partial charge in [-0.15, -0.1) is 0 Å². The zero-order valence-electron chi connectivity index (χ0n) is 8.60. The third-order valence-corrected chi connectivity index (χ3v) is 1.13. The first-order valence-corrected chi connectivity index (χ1v) is 3.05. The van der Waals surface area contributed by atoms with E-state index in [1.54, 1.807) is 18.2 Å². The molecule has 1 radical (unpaired) electrons. The Labute approximate surface area is 94.0 Å². The standard InChI is InChI=1S/C7H5BF3.Li.2H2O.H/c9-7(10,11)8-6-4-2-1-3-5-6;;;;/h1-5H;;2*1H2;/q;+1;;;-1. The Morgan fingerprint density at radius 1 is 1.00 bits per heavy atom. The molecule has 0 aliphatic heterocycles. The number of halogens is 3. The minimum atomic E-state index is -4.22. The number of hydrogen-bond acceptors (Lipinski definition) is 0. The molecule has 0 amide bonds. The van der Waals surface area contributed by atoms with E-state index in [1.165, 1.54) is 12.1 Å². The van der Waals surface area contributed by atoms with Gasteiger partial charge < -0.3 is 12.4 Å². The predicted molar refractivity (Wildman–Crippen MR) is 46.2 cm³/mol. The quantitative estimate of drug-likeness (QED) is 0.435. The van der Waals surface area contributed by atoms with Gasteiger partial charge in [0.05, 0.1) is 0 Å². The summed E-state index contributed by atoms with van der Waals surface area (Å²) in [5.74, 6) is 0. The third-order valence-electron chi connectivity index (χ3n) is 1.13. The molecule has 2 nitrogen and oxygen atoms in total. The van der Waals surface area contributed by atoms with Crippen LogP contribution < -0.4 is 24.3 Å². The maximum Gasteiger partial charge on any atom is 1.00 e. The van der Waals surface area contributed by atoms with Gasteiger partial charge in [-0.3, -0.25) is 0 Å². The molecule has 1 aromatic carbocycles. The van der Waals surface area contributed by atoms with Crippen molar-refractivity contribution in [3.8, 4) is 0 Å². The Bertz CT molecular complexity index is 235. The molecule has 0 unspecified atom stereocenters. The molecule has 0 saturated carbocycles. The molecule has 4 N–H and O–H groups in total.